The first-order valence-electron chi connectivity index (χ1n) is 6.97. The van der Waals surface area contributed by atoms with Crippen LogP contribution in [0.4, 0.5) is 13.2 Å². The van der Waals surface area contributed by atoms with Crippen LogP contribution in [-0.2, 0) is 6.18 Å². The molecule has 1 aliphatic heterocycles. The number of halogens is 3. The zero-order valence-electron chi connectivity index (χ0n) is 11.4. The number of rotatable bonds is 2. The molecule has 2 aromatic rings. The van der Waals surface area contributed by atoms with Crippen molar-refractivity contribution in [3.05, 3.63) is 41.9 Å². The van der Waals surface area contributed by atoms with Gasteiger partial charge in [0, 0.05) is 12.5 Å². The number of nitrogens with zero attached hydrogens (tertiary/aromatic N) is 1. The van der Waals surface area contributed by atoms with Gasteiger partial charge in [0.2, 0.25) is 0 Å². The van der Waals surface area contributed by atoms with Crippen LogP contribution >= 0.6 is 0 Å². The van der Waals surface area contributed by atoms with E-state index in [9.17, 15) is 13.2 Å². The number of hydrogen-bond acceptors (Lipinski definition) is 2. The summed E-state index contributed by atoms with van der Waals surface area (Å²) in [4.78, 5) is 7.59. The highest BCUT2D eigenvalue weighted by Gasteiger charge is 2.30. The fourth-order valence-corrected chi connectivity index (χ4v) is 2.61. The molecular formula is C15H16F3N3. The molecule has 1 fully saturated rings. The van der Waals surface area contributed by atoms with Crippen LogP contribution in [0.15, 0.2) is 30.5 Å². The van der Waals surface area contributed by atoms with Crippen LogP contribution in [0.2, 0.25) is 0 Å². The lowest BCUT2D eigenvalue weighted by Crippen LogP contribution is -2.28. The third-order valence-corrected chi connectivity index (χ3v) is 3.80. The summed E-state index contributed by atoms with van der Waals surface area (Å²) in [5.74, 6) is 1.25. The van der Waals surface area contributed by atoms with Gasteiger partial charge in [-0.15, -0.1) is 0 Å². The number of imidazole rings is 1. The minimum absolute atomic E-state index is 0.349. The van der Waals surface area contributed by atoms with Gasteiger partial charge in [-0.3, -0.25) is 0 Å². The minimum atomic E-state index is -4.30. The van der Waals surface area contributed by atoms with Gasteiger partial charge in [-0.2, -0.15) is 13.2 Å². The molecular weight excluding hydrogens is 279 g/mol. The summed E-state index contributed by atoms with van der Waals surface area (Å²) in [6.07, 6.45) is -0.425. The average Bonchev–Trinajstić information content (AvgIpc) is 2.97. The van der Waals surface area contributed by atoms with E-state index in [0.717, 1.165) is 49.6 Å². The molecule has 0 bridgehead atoms. The molecule has 1 aromatic carbocycles. The number of H-pyrrole nitrogens is 1. The Bertz CT molecular complexity index is 595. The molecule has 0 saturated carbocycles. The van der Waals surface area contributed by atoms with Gasteiger partial charge in [-0.1, -0.05) is 12.1 Å². The fourth-order valence-electron chi connectivity index (χ4n) is 2.61. The van der Waals surface area contributed by atoms with Gasteiger partial charge in [0.15, 0.2) is 0 Å². The van der Waals surface area contributed by atoms with E-state index in [1.165, 1.54) is 12.1 Å². The van der Waals surface area contributed by atoms with Crippen LogP contribution in [0.25, 0.3) is 11.3 Å². The molecule has 21 heavy (non-hydrogen) atoms. The number of nitrogens with one attached hydrogen (secondary N) is 2. The van der Waals surface area contributed by atoms with Crippen molar-refractivity contribution >= 4 is 0 Å². The molecule has 6 heteroatoms. The minimum Gasteiger partial charge on any atom is -0.342 e. The Labute approximate surface area is 120 Å². The second-order valence-electron chi connectivity index (χ2n) is 5.30. The molecule has 1 atom stereocenters. The topological polar surface area (TPSA) is 40.7 Å². The fraction of sp³-hybridized carbons (Fsp3) is 0.400. The lowest BCUT2D eigenvalue weighted by Gasteiger charge is -2.20. The van der Waals surface area contributed by atoms with E-state index in [1.54, 1.807) is 6.20 Å². The van der Waals surface area contributed by atoms with Crippen molar-refractivity contribution < 1.29 is 13.2 Å². The SMILES string of the molecule is FC(F)(F)c1ccc(-c2cnc(C3CCCNC3)[nH]2)cc1. The summed E-state index contributed by atoms with van der Waals surface area (Å²) in [6.45, 7) is 1.92. The van der Waals surface area contributed by atoms with Crippen LogP contribution < -0.4 is 5.32 Å². The highest BCUT2D eigenvalue weighted by atomic mass is 19.4. The Hall–Kier alpha value is -1.82. The van der Waals surface area contributed by atoms with Crippen molar-refractivity contribution in [2.45, 2.75) is 24.9 Å². The summed E-state index contributed by atoms with van der Waals surface area (Å²) in [5.41, 5.74) is 0.831. The van der Waals surface area contributed by atoms with Gasteiger partial charge in [-0.05, 0) is 37.1 Å². The first-order chi connectivity index (χ1) is 10.0. The largest absolute Gasteiger partial charge is 0.416 e. The second kappa shape index (κ2) is 5.52. The predicted molar refractivity (Wildman–Crippen MR) is 73.9 cm³/mol. The summed E-state index contributed by atoms with van der Waals surface area (Å²) in [6, 6.07) is 5.13. The van der Waals surface area contributed by atoms with Crippen molar-refractivity contribution in [1.29, 1.82) is 0 Å². The van der Waals surface area contributed by atoms with Gasteiger partial charge in [-0.25, -0.2) is 4.98 Å². The van der Waals surface area contributed by atoms with Crippen LogP contribution in [0.5, 0.6) is 0 Å². The number of alkyl halides is 3. The molecule has 0 aliphatic carbocycles. The zero-order valence-corrected chi connectivity index (χ0v) is 11.4. The number of hydrogen-bond donors (Lipinski definition) is 2. The monoisotopic (exact) mass is 295 g/mol. The maximum absolute atomic E-state index is 12.5. The standard InChI is InChI=1S/C15H16F3N3/c16-15(17,18)12-5-3-10(4-6-12)13-9-20-14(21-13)11-2-1-7-19-8-11/h3-6,9,11,19H,1-2,7-8H2,(H,20,21). The first kappa shape index (κ1) is 14.1. The van der Waals surface area contributed by atoms with E-state index in [0.29, 0.717) is 11.5 Å². The van der Waals surface area contributed by atoms with Crippen LogP contribution in [0, 0.1) is 0 Å². The van der Waals surface area contributed by atoms with Gasteiger partial charge >= 0.3 is 6.18 Å². The highest BCUT2D eigenvalue weighted by molar-refractivity contribution is 5.59. The van der Waals surface area contributed by atoms with E-state index in [2.05, 4.69) is 15.3 Å². The van der Waals surface area contributed by atoms with E-state index in [4.69, 9.17) is 0 Å². The third kappa shape index (κ3) is 3.10. The first-order valence-corrected chi connectivity index (χ1v) is 6.97. The van der Waals surface area contributed by atoms with Crippen molar-refractivity contribution in [3.63, 3.8) is 0 Å². The van der Waals surface area contributed by atoms with Crippen LogP contribution in [0.3, 0.4) is 0 Å². The quantitative estimate of drug-likeness (QED) is 0.889. The van der Waals surface area contributed by atoms with Crippen molar-refractivity contribution in [3.8, 4) is 11.3 Å². The summed E-state index contributed by atoms with van der Waals surface area (Å²) in [5, 5.41) is 3.32. The number of piperidine rings is 1. The Balaban J connectivity index is 1.79. The normalized spacial score (nSPS) is 19.7. The van der Waals surface area contributed by atoms with Crippen molar-refractivity contribution in [2.75, 3.05) is 13.1 Å². The maximum Gasteiger partial charge on any atom is 0.416 e. The molecule has 2 N–H and O–H groups in total. The molecule has 3 nitrogen and oxygen atoms in total. The van der Waals surface area contributed by atoms with E-state index < -0.39 is 11.7 Å². The van der Waals surface area contributed by atoms with Crippen LogP contribution in [-0.4, -0.2) is 23.1 Å². The Morgan fingerprint density at radius 2 is 1.90 bits per heavy atom. The lowest BCUT2D eigenvalue weighted by atomic mass is 9.99. The number of benzene rings is 1. The van der Waals surface area contributed by atoms with Gasteiger partial charge in [0.25, 0.3) is 0 Å². The third-order valence-electron chi connectivity index (χ3n) is 3.80. The molecule has 1 unspecified atom stereocenters. The lowest BCUT2D eigenvalue weighted by molar-refractivity contribution is -0.137. The molecule has 1 aliphatic rings. The number of aromatic nitrogens is 2. The summed E-state index contributed by atoms with van der Waals surface area (Å²) >= 11 is 0. The molecule has 112 valence electrons. The molecule has 0 amide bonds. The molecule has 3 rings (SSSR count). The molecule has 0 radical (unpaired) electrons. The summed E-state index contributed by atoms with van der Waals surface area (Å²) in [7, 11) is 0. The average molecular weight is 295 g/mol. The van der Waals surface area contributed by atoms with E-state index in [-0.39, 0.29) is 0 Å². The Morgan fingerprint density at radius 3 is 2.52 bits per heavy atom. The van der Waals surface area contributed by atoms with E-state index >= 15 is 0 Å². The molecule has 1 aromatic heterocycles. The van der Waals surface area contributed by atoms with Gasteiger partial charge < -0.3 is 10.3 Å². The predicted octanol–water partition coefficient (Wildman–Crippen LogP) is 3.56. The maximum atomic E-state index is 12.5. The summed E-state index contributed by atoms with van der Waals surface area (Å²) < 4.78 is 37.6. The second-order valence-corrected chi connectivity index (χ2v) is 5.30. The van der Waals surface area contributed by atoms with Crippen molar-refractivity contribution in [2.24, 2.45) is 0 Å². The Morgan fingerprint density at radius 1 is 1.14 bits per heavy atom. The van der Waals surface area contributed by atoms with Crippen LogP contribution in [0.1, 0.15) is 30.1 Å². The van der Waals surface area contributed by atoms with E-state index in [1.807, 2.05) is 0 Å². The zero-order chi connectivity index (χ0) is 14.9. The number of aromatic amines is 1. The highest BCUT2D eigenvalue weighted by Crippen LogP contribution is 2.31. The van der Waals surface area contributed by atoms with Crippen molar-refractivity contribution in [1.82, 2.24) is 15.3 Å². The molecule has 2 heterocycles. The van der Waals surface area contributed by atoms with Gasteiger partial charge in [0.1, 0.15) is 5.82 Å². The molecule has 0 spiro atoms. The Kier molecular flexibility index (Phi) is 3.71. The smallest absolute Gasteiger partial charge is 0.342 e. The molecule has 1 saturated heterocycles. The van der Waals surface area contributed by atoms with Gasteiger partial charge in [0.05, 0.1) is 17.5 Å².